The summed E-state index contributed by atoms with van der Waals surface area (Å²) in [6.07, 6.45) is 0.920. The molecule has 0 spiro atoms. The number of rotatable bonds is 2. The molecular formula is C14H15FN2O2. The fraction of sp³-hybridized carbons (Fsp3) is 0.429. The molecule has 1 saturated carbocycles. The van der Waals surface area contributed by atoms with E-state index < -0.39 is 0 Å². The molecule has 1 aromatic carbocycles. The molecule has 2 atom stereocenters. The van der Waals surface area contributed by atoms with Crippen molar-refractivity contribution in [1.82, 2.24) is 10.2 Å². The van der Waals surface area contributed by atoms with Gasteiger partial charge in [0.1, 0.15) is 5.82 Å². The Labute approximate surface area is 110 Å². The number of benzene rings is 1. The third-order valence-corrected chi connectivity index (χ3v) is 4.06. The van der Waals surface area contributed by atoms with Gasteiger partial charge >= 0.3 is 0 Å². The van der Waals surface area contributed by atoms with Crippen molar-refractivity contribution >= 4 is 11.8 Å². The van der Waals surface area contributed by atoms with Gasteiger partial charge in [-0.1, -0.05) is 0 Å². The summed E-state index contributed by atoms with van der Waals surface area (Å²) >= 11 is 0. The van der Waals surface area contributed by atoms with Gasteiger partial charge in [-0.05, 0) is 30.7 Å². The summed E-state index contributed by atoms with van der Waals surface area (Å²) in [4.78, 5) is 25.2. The second kappa shape index (κ2) is 4.05. The summed E-state index contributed by atoms with van der Waals surface area (Å²) in [7, 11) is 0. The molecule has 100 valence electrons. The molecule has 5 heteroatoms. The van der Waals surface area contributed by atoms with E-state index in [0.717, 1.165) is 13.0 Å². The molecule has 1 heterocycles. The molecule has 0 bridgehead atoms. The lowest BCUT2D eigenvalue weighted by atomic mass is 10.1. The number of carbonyl (C=O) groups excluding carboxylic acids is 2. The van der Waals surface area contributed by atoms with E-state index in [2.05, 4.69) is 5.32 Å². The molecular weight excluding hydrogens is 247 g/mol. The van der Waals surface area contributed by atoms with Gasteiger partial charge in [0.15, 0.2) is 0 Å². The van der Waals surface area contributed by atoms with Gasteiger partial charge < -0.3 is 10.2 Å². The number of amides is 2. The lowest BCUT2D eigenvalue weighted by molar-refractivity contribution is -0.128. The summed E-state index contributed by atoms with van der Waals surface area (Å²) < 4.78 is 12.8. The van der Waals surface area contributed by atoms with Gasteiger partial charge in [-0.3, -0.25) is 9.59 Å². The molecule has 4 nitrogen and oxygen atoms in total. The fourth-order valence-corrected chi connectivity index (χ4v) is 2.82. The van der Waals surface area contributed by atoms with E-state index in [9.17, 15) is 14.0 Å². The summed E-state index contributed by atoms with van der Waals surface area (Å²) in [6.45, 7) is 2.85. The predicted molar refractivity (Wildman–Crippen MR) is 67.0 cm³/mol. The van der Waals surface area contributed by atoms with E-state index in [-0.39, 0.29) is 23.2 Å². The van der Waals surface area contributed by atoms with Gasteiger partial charge in [0.2, 0.25) is 5.91 Å². The number of nitrogens with zero attached hydrogens (tertiary/aromatic N) is 1. The van der Waals surface area contributed by atoms with Crippen LogP contribution in [0.15, 0.2) is 24.3 Å². The third-order valence-electron chi connectivity index (χ3n) is 4.06. The predicted octanol–water partition coefficient (Wildman–Crippen LogP) is 1.18. The topological polar surface area (TPSA) is 49.4 Å². The zero-order chi connectivity index (χ0) is 13.6. The third kappa shape index (κ3) is 2.09. The molecule has 1 aromatic rings. The van der Waals surface area contributed by atoms with Gasteiger partial charge in [-0.25, -0.2) is 4.39 Å². The second-order valence-corrected chi connectivity index (χ2v) is 5.42. The summed E-state index contributed by atoms with van der Waals surface area (Å²) in [5, 5.41) is 2.99. The standard InChI is InChI=1S/C14H15FN2O2/c1-9(18)17-7-11-6-14(11,8-17)16-13(19)10-2-4-12(15)5-3-10/h2-5,11H,6-8H2,1H3,(H,16,19)/t11-,14+/m1/s1. The molecule has 2 amide bonds. The lowest BCUT2D eigenvalue weighted by Gasteiger charge is -2.20. The first kappa shape index (κ1) is 12.1. The van der Waals surface area contributed by atoms with Crippen LogP contribution in [0, 0.1) is 11.7 Å². The average molecular weight is 262 g/mol. The van der Waals surface area contributed by atoms with E-state index in [1.165, 1.54) is 24.3 Å². The molecule has 0 unspecified atom stereocenters. The fourth-order valence-electron chi connectivity index (χ4n) is 2.82. The summed E-state index contributed by atoms with van der Waals surface area (Å²) in [5.41, 5.74) is 0.194. The van der Waals surface area contributed by atoms with Crippen molar-refractivity contribution in [2.24, 2.45) is 5.92 Å². The SMILES string of the molecule is CC(=O)N1C[C@H]2C[C@]2(NC(=O)c2ccc(F)cc2)C1. The minimum absolute atomic E-state index is 0.0441. The van der Waals surface area contributed by atoms with Crippen molar-refractivity contribution in [3.05, 3.63) is 35.6 Å². The van der Waals surface area contributed by atoms with Crippen molar-refractivity contribution in [2.75, 3.05) is 13.1 Å². The molecule has 2 aliphatic rings. The highest BCUT2D eigenvalue weighted by molar-refractivity contribution is 5.95. The van der Waals surface area contributed by atoms with Crippen LogP contribution in [0.5, 0.6) is 0 Å². The minimum atomic E-state index is -0.359. The van der Waals surface area contributed by atoms with Crippen LogP contribution in [-0.2, 0) is 4.79 Å². The van der Waals surface area contributed by atoms with E-state index in [0.29, 0.717) is 18.0 Å². The zero-order valence-corrected chi connectivity index (χ0v) is 10.6. The Bertz CT molecular complexity index is 543. The van der Waals surface area contributed by atoms with Crippen molar-refractivity contribution in [3.63, 3.8) is 0 Å². The molecule has 0 radical (unpaired) electrons. The van der Waals surface area contributed by atoms with Crippen LogP contribution in [0.25, 0.3) is 0 Å². The number of hydrogen-bond donors (Lipinski definition) is 1. The van der Waals surface area contributed by atoms with Crippen molar-refractivity contribution in [2.45, 2.75) is 18.9 Å². The number of hydrogen-bond acceptors (Lipinski definition) is 2. The highest BCUT2D eigenvalue weighted by Crippen LogP contribution is 2.49. The van der Waals surface area contributed by atoms with E-state index in [4.69, 9.17) is 0 Å². The molecule has 1 N–H and O–H groups in total. The molecule has 19 heavy (non-hydrogen) atoms. The maximum atomic E-state index is 12.8. The Kier molecular flexibility index (Phi) is 2.59. The van der Waals surface area contributed by atoms with Crippen LogP contribution >= 0.6 is 0 Å². The smallest absolute Gasteiger partial charge is 0.251 e. The van der Waals surface area contributed by atoms with E-state index in [1.54, 1.807) is 11.8 Å². The number of carbonyl (C=O) groups is 2. The first-order valence-corrected chi connectivity index (χ1v) is 6.34. The Morgan fingerprint density at radius 3 is 2.63 bits per heavy atom. The Hall–Kier alpha value is -1.91. The maximum Gasteiger partial charge on any atom is 0.251 e. The van der Waals surface area contributed by atoms with Crippen LogP contribution in [0.3, 0.4) is 0 Å². The number of likely N-dealkylation sites (tertiary alicyclic amines) is 1. The maximum absolute atomic E-state index is 12.8. The van der Waals surface area contributed by atoms with Gasteiger partial charge in [0.05, 0.1) is 5.54 Å². The van der Waals surface area contributed by atoms with Gasteiger partial charge in [-0.15, -0.1) is 0 Å². The van der Waals surface area contributed by atoms with Crippen molar-refractivity contribution in [3.8, 4) is 0 Å². The van der Waals surface area contributed by atoms with E-state index in [1.807, 2.05) is 0 Å². The van der Waals surface area contributed by atoms with Crippen molar-refractivity contribution < 1.29 is 14.0 Å². The molecule has 2 fully saturated rings. The molecule has 1 aliphatic heterocycles. The molecule has 0 aromatic heterocycles. The average Bonchev–Trinajstić information content (AvgIpc) is 2.90. The number of piperidine rings is 1. The van der Waals surface area contributed by atoms with E-state index >= 15 is 0 Å². The first-order chi connectivity index (χ1) is 9.00. The number of nitrogens with one attached hydrogen (secondary N) is 1. The summed E-state index contributed by atoms with van der Waals surface area (Å²) in [5.74, 6) is -0.154. The second-order valence-electron chi connectivity index (χ2n) is 5.42. The van der Waals surface area contributed by atoms with Crippen LogP contribution < -0.4 is 5.32 Å². The van der Waals surface area contributed by atoms with Crippen LogP contribution in [0.1, 0.15) is 23.7 Å². The number of halogens is 1. The minimum Gasteiger partial charge on any atom is -0.344 e. The number of fused-ring (bicyclic) bond motifs is 1. The molecule has 3 rings (SSSR count). The van der Waals surface area contributed by atoms with Crippen molar-refractivity contribution in [1.29, 1.82) is 0 Å². The summed E-state index contributed by atoms with van der Waals surface area (Å²) in [6, 6.07) is 5.48. The van der Waals surface area contributed by atoms with Gasteiger partial charge in [-0.2, -0.15) is 0 Å². The molecule has 1 saturated heterocycles. The Morgan fingerprint density at radius 1 is 1.37 bits per heavy atom. The van der Waals surface area contributed by atoms with Crippen LogP contribution in [0.4, 0.5) is 4.39 Å². The quantitative estimate of drug-likeness (QED) is 0.870. The Balaban J connectivity index is 1.68. The largest absolute Gasteiger partial charge is 0.344 e. The molecule has 1 aliphatic carbocycles. The zero-order valence-electron chi connectivity index (χ0n) is 10.6. The lowest BCUT2D eigenvalue weighted by Crippen LogP contribution is -2.43. The highest BCUT2D eigenvalue weighted by atomic mass is 19.1. The Morgan fingerprint density at radius 2 is 2.05 bits per heavy atom. The van der Waals surface area contributed by atoms with Crippen LogP contribution in [0.2, 0.25) is 0 Å². The first-order valence-electron chi connectivity index (χ1n) is 6.34. The van der Waals surface area contributed by atoms with Gasteiger partial charge in [0, 0.05) is 31.5 Å². The highest BCUT2D eigenvalue weighted by Gasteiger charge is 2.61. The van der Waals surface area contributed by atoms with Gasteiger partial charge in [0.25, 0.3) is 5.91 Å². The normalized spacial score (nSPS) is 27.9. The van der Waals surface area contributed by atoms with Crippen LogP contribution in [-0.4, -0.2) is 35.3 Å². The monoisotopic (exact) mass is 262 g/mol.